The SMILES string of the molecule is COc1ncc(-c2cc3c(c(-c4ccccn4)c2)COC3)cc1NS(C)(=O)=O. The standard InChI is InChI=1S/C20H19N3O4S/c1-26-20-19(23-28(2,24)25)9-14(10-22-20)13-7-15-11-27-12-17(15)16(8-13)18-5-3-4-6-21-18/h3-10,23H,11-12H2,1-2H3. The molecule has 0 saturated carbocycles. The number of nitrogens with zero attached hydrogens (tertiary/aromatic N) is 2. The molecule has 0 unspecified atom stereocenters. The summed E-state index contributed by atoms with van der Waals surface area (Å²) in [6, 6.07) is 11.6. The summed E-state index contributed by atoms with van der Waals surface area (Å²) >= 11 is 0. The highest BCUT2D eigenvalue weighted by Gasteiger charge is 2.20. The molecule has 1 aliphatic rings. The van der Waals surface area contributed by atoms with Gasteiger partial charge in [0.1, 0.15) is 5.69 Å². The minimum Gasteiger partial charge on any atom is -0.480 e. The van der Waals surface area contributed by atoms with Gasteiger partial charge in [0, 0.05) is 23.5 Å². The first-order valence-electron chi connectivity index (χ1n) is 8.62. The maximum Gasteiger partial charge on any atom is 0.238 e. The number of hydrogen-bond donors (Lipinski definition) is 1. The Labute approximate surface area is 163 Å². The lowest BCUT2D eigenvalue weighted by Crippen LogP contribution is -2.11. The number of fused-ring (bicyclic) bond motifs is 1. The number of aromatic nitrogens is 2. The highest BCUT2D eigenvalue weighted by atomic mass is 32.2. The highest BCUT2D eigenvalue weighted by Crippen LogP contribution is 2.36. The summed E-state index contributed by atoms with van der Waals surface area (Å²) in [5.74, 6) is 0.212. The molecule has 0 aliphatic carbocycles. The van der Waals surface area contributed by atoms with Crippen molar-refractivity contribution in [2.24, 2.45) is 0 Å². The zero-order valence-corrected chi connectivity index (χ0v) is 16.3. The van der Waals surface area contributed by atoms with E-state index in [9.17, 15) is 8.42 Å². The van der Waals surface area contributed by atoms with Gasteiger partial charge in [-0.25, -0.2) is 13.4 Å². The van der Waals surface area contributed by atoms with Gasteiger partial charge in [-0.05, 0) is 47.0 Å². The first kappa shape index (κ1) is 18.4. The number of benzene rings is 1. The van der Waals surface area contributed by atoms with Crippen LogP contribution in [0.4, 0.5) is 5.69 Å². The van der Waals surface area contributed by atoms with Crippen LogP contribution in [0.5, 0.6) is 5.88 Å². The molecule has 144 valence electrons. The van der Waals surface area contributed by atoms with Gasteiger partial charge in [0.05, 0.1) is 32.3 Å². The third-order valence-electron chi connectivity index (χ3n) is 4.46. The summed E-state index contributed by atoms with van der Waals surface area (Å²) in [6.07, 6.45) is 4.50. The summed E-state index contributed by atoms with van der Waals surface area (Å²) in [7, 11) is -2.02. The fourth-order valence-electron chi connectivity index (χ4n) is 3.26. The molecule has 1 aliphatic heterocycles. The Morgan fingerprint density at radius 1 is 1.11 bits per heavy atom. The minimum absolute atomic E-state index is 0.212. The van der Waals surface area contributed by atoms with Crippen LogP contribution >= 0.6 is 0 Å². The van der Waals surface area contributed by atoms with Crippen molar-refractivity contribution in [3.05, 3.63) is 59.9 Å². The number of sulfonamides is 1. The van der Waals surface area contributed by atoms with Crippen LogP contribution in [0.1, 0.15) is 11.1 Å². The van der Waals surface area contributed by atoms with Gasteiger partial charge < -0.3 is 9.47 Å². The maximum atomic E-state index is 11.7. The van der Waals surface area contributed by atoms with E-state index in [-0.39, 0.29) is 5.88 Å². The summed E-state index contributed by atoms with van der Waals surface area (Å²) in [4.78, 5) is 8.73. The van der Waals surface area contributed by atoms with Crippen LogP contribution in [-0.2, 0) is 28.0 Å². The van der Waals surface area contributed by atoms with Gasteiger partial charge in [0.25, 0.3) is 0 Å². The molecule has 0 spiro atoms. The van der Waals surface area contributed by atoms with Crippen LogP contribution in [0.25, 0.3) is 22.4 Å². The summed E-state index contributed by atoms with van der Waals surface area (Å²) in [6.45, 7) is 1.07. The largest absolute Gasteiger partial charge is 0.480 e. The number of hydrogen-bond acceptors (Lipinski definition) is 6. The van der Waals surface area contributed by atoms with E-state index >= 15 is 0 Å². The second-order valence-electron chi connectivity index (χ2n) is 6.52. The van der Waals surface area contributed by atoms with Crippen LogP contribution in [0, 0.1) is 0 Å². The quantitative estimate of drug-likeness (QED) is 0.711. The first-order chi connectivity index (χ1) is 13.4. The molecule has 8 heteroatoms. The number of pyridine rings is 2. The number of anilines is 1. The van der Waals surface area contributed by atoms with Crippen molar-refractivity contribution in [1.82, 2.24) is 9.97 Å². The van der Waals surface area contributed by atoms with Gasteiger partial charge >= 0.3 is 0 Å². The Kier molecular flexibility index (Phi) is 4.74. The monoisotopic (exact) mass is 397 g/mol. The molecular formula is C20H19N3O4S. The van der Waals surface area contributed by atoms with E-state index in [0.717, 1.165) is 39.8 Å². The molecule has 0 fully saturated rings. The van der Waals surface area contributed by atoms with Gasteiger partial charge in [0.15, 0.2) is 0 Å². The Morgan fingerprint density at radius 2 is 1.96 bits per heavy atom. The molecule has 0 bridgehead atoms. The molecule has 1 aromatic carbocycles. The van der Waals surface area contributed by atoms with E-state index in [0.29, 0.717) is 18.9 Å². The Bertz CT molecular complexity index is 1130. The molecule has 4 rings (SSSR count). The third kappa shape index (κ3) is 3.69. The molecule has 0 radical (unpaired) electrons. The minimum atomic E-state index is -3.47. The van der Waals surface area contributed by atoms with E-state index in [1.165, 1.54) is 7.11 Å². The zero-order valence-electron chi connectivity index (χ0n) is 15.5. The molecule has 7 nitrogen and oxygen atoms in total. The molecular weight excluding hydrogens is 378 g/mol. The normalized spacial score (nSPS) is 13.2. The fraction of sp³-hybridized carbons (Fsp3) is 0.200. The van der Waals surface area contributed by atoms with E-state index in [1.807, 2.05) is 30.3 Å². The average molecular weight is 397 g/mol. The van der Waals surface area contributed by atoms with Crippen molar-refractivity contribution >= 4 is 15.7 Å². The number of methoxy groups -OCH3 is 1. The molecule has 2 aromatic heterocycles. The second kappa shape index (κ2) is 7.21. The van der Waals surface area contributed by atoms with Crippen LogP contribution < -0.4 is 9.46 Å². The predicted molar refractivity (Wildman–Crippen MR) is 106 cm³/mol. The van der Waals surface area contributed by atoms with E-state index in [1.54, 1.807) is 18.5 Å². The average Bonchev–Trinajstić information content (AvgIpc) is 3.15. The molecule has 28 heavy (non-hydrogen) atoms. The predicted octanol–water partition coefficient (Wildman–Crippen LogP) is 3.22. The van der Waals surface area contributed by atoms with Gasteiger partial charge in [-0.1, -0.05) is 6.07 Å². The third-order valence-corrected chi connectivity index (χ3v) is 5.05. The van der Waals surface area contributed by atoms with Crippen LogP contribution in [-0.4, -0.2) is 31.8 Å². The summed E-state index contributed by atoms with van der Waals surface area (Å²) in [5.41, 5.74) is 6.03. The van der Waals surface area contributed by atoms with E-state index in [2.05, 4.69) is 14.7 Å². The van der Waals surface area contributed by atoms with Gasteiger partial charge in [-0.2, -0.15) is 0 Å². The lowest BCUT2D eigenvalue weighted by molar-refractivity contribution is 0.134. The van der Waals surface area contributed by atoms with E-state index in [4.69, 9.17) is 9.47 Å². The van der Waals surface area contributed by atoms with E-state index < -0.39 is 10.0 Å². The molecule has 0 atom stereocenters. The van der Waals surface area contributed by atoms with Crippen molar-refractivity contribution in [2.45, 2.75) is 13.2 Å². The van der Waals surface area contributed by atoms with Crippen molar-refractivity contribution in [3.63, 3.8) is 0 Å². The lowest BCUT2D eigenvalue weighted by Gasteiger charge is -2.13. The summed E-state index contributed by atoms with van der Waals surface area (Å²) in [5, 5.41) is 0. The van der Waals surface area contributed by atoms with Gasteiger partial charge in [-0.15, -0.1) is 0 Å². The number of rotatable bonds is 5. The molecule has 0 amide bonds. The Balaban J connectivity index is 1.85. The zero-order chi connectivity index (χ0) is 19.7. The second-order valence-corrected chi connectivity index (χ2v) is 8.27. The van der Waals surface area contributed by atoms with Crippen LogP contribution in [0.2, 0.25) is 0 Å². The lowest BCUT2D eigenvalue weighted by atomic mass is 9.94. The van der Waals surface area contributed by atoms with Crippen molar-refractivity contribution in [1.29, 1.82) is 0 Å². The van der Waals surface area contributed by atoms with Gasteiger partial charge in [-0.3, -0.25) is 9.71 Å². The maximum absolute atomic E-state index is 11.7. The molecule has 3 aromatic rings. The highest BCUT2D eigenvalue weighted by molar-refractivity contribution is 7.92. The Morgan fingerprint density at radius 3 is 2.68 bits per heavy atom. The fourth-order valence-corrected chi connectivity index (χ4v) is 3.80. The first-order valence-corrected chi connectivity index (χ1v) is 10.5. The van der Waals surface area contributed by atoms with Crippen molar-refractivity contribution < 1.29 is 17.9 Å². The molecule has 3 heterocycles. The van der Waals surface area contributed by atoms with Crippen molar-refractivity contribution in [3.8, 4) is 28.3 Å². The number of ether oxygens (including phenoxy) is 2. The smallest absolute Gasteiger partial charge is 0.238 e. The van der Waals surface area contributed by atoms with Crippen molar-refractivity contribution in [2.75, 3.05) is 18.1 Å². The topological polar surface area (TPSA) is 90.4 Å². The van der Waals surface area contributed by atoms with Gasteiger partial charge in [0.2, 0.25) is 15.9 Å². The Hall–Kier alpha value is -2.97. The summed E-state index contributed by atoms with van der Waals surface area (Å²) < 4.78 is 36.7. The molecule has 0 saturated heterocycles. The van der Waals surface area contributed by atoms with Crippen LogP contribution in [0.15, 0.2) is 48.8 Å². The number of nitrogens with one attached hydrogen (secondary N) is 1. The molecule has 1 N–H and O–H groups in total. The van der Waals surface area contributed by atoms with Crippen LogP contribution in [0.3, 0.4) is 0 Å².